The molecule has 1 saturated heterocycles. The number of nitrogens with zero attached hydrogens (tertiary/aromatic N) is 5. The number of amides is 1. The Balaban J connectivity index is 1.52. The molecule has 0 spiro atoms. The Labute approximate surface area is 150 Å². The smallest absolute Gasteiger partial charge is 0.242 e. The van der Waals surface area contributed by atoms with E-state index < -0.39 is 0 Å². The van der Waals surface area contributed by atoms with Crippen LogP contribution in [-0.4, -0.2) is 50.0 Å². The number of carbonyl (C=O) groups is 1. The van der Waals surface area contributed by atoms with E-state index in [9.17, 15) is 4.79 Å². The van der Waals surface area contributed by atoms with Gasteiger partial charge in [0.1, 0.15) is 18.4 Å². The first-order valence-corrected chi connectivity index (χ1v) is 8.61. The molecule has 0 aliphatic carbocycles. The number of hydrogen-bond donors (Lipinski definition) is 2. The van der Waals surface area contributed by atoms with Crippen molar-refractivity contribution >= 4 is 22.9 Å². The molecule has 1 aromatic carbocycles. The third-order valence-electron chi connectivity index (χ3n) is 5.06. The van der Waals surface area contributed by atoms with Gasteiger partial charge in [-0.2, -0.15) is 0 Å². The molecule has 0 bridgehead atoms. The molecule has 2 aromatic heterocycles. The number of nitrogen functional groups attached to an aromatic ring is 1. The number of fused-ring (bicyclic) bond motifs is 1. The molecule has 8 nitrogen and oxygen atoms in total. The van der Waals surface area contributed by atoms with Gasteiger partial charge in [0.15, 0.2) is 11.5 Å². The highest BCUT2D eigenvalue weighted by Crippen LogP contribution is 2.32. The zero-order chi connectivity index (χ0) is 18.1. The summed E-state index contributed by atoms with van der Waals surface area (Å²) < 4.78 is 1.71. The maximum Gasteiger partial charge on any atom is 0.242 e. The number of aromatic nitrogens is 4. The third-order valence-corrected chi connectivity index (χ3v) is 5.06. The maximum absolute atomic E-state index is 12.8. The standard InChI is InChI=1S/C18H21N7O/c19-6-13-7-24(8-14(13)12-4-2-1-3-5-12)15(26)9-25-11-23-16-17(20)21-10-22-18(16)25/h1-5,10-11,13-14H,6-9,19H2,(H2,20,21,22)/t13-,14+/m1/s1. The van der Waals surface area contributed by atoms with Crippen LogP contribution in [0.25, 0.3) is 11.2 Å². The van der Waals surface area contributed by atoms with Crippen molar-refractivity contribution in [1.82, 2.24) is 24.4 Å². The van der Waals surface area contributed by atoms with Crippen molar-refractivity contribution in [3.05, 3.63) is 48.5 Å². The molecule has 3 heterocycles. The molecule has 1 aliphatic heterocycles. The lowest BCUT2D eigenvalue weighted by Gasteiger charge is -2.17. The summed E-state index contributed by atoms with van der Waals surface area (Å²) in [5.74, 6) is 0.870. The van der Waals surface area contributed by atoms with E-state index >= 15 is 0 Å². The Hall–Kier alpha value is -3.00. The first-order chi connectivity index (χ1) is 12.7. The van der Waals surface area contributed by atoms with Gasteiger partial charge in [-0.15, -0.1) is 0 Å². The van der Waals surface area contributed by atoms with E-state index in [0.29, 0.717) is 36.6 Å². The lowest BCUT2D eigenvalue weighted by atomic mass is 9.89. The predicted molar refractivity (Wildman–Crippen MR) is 98.0 cm³/mol. The predicted octanol–water partition coefficient (Wildman–Crippen LogP) is 0.609. The number of carbonyl (C=O) groups excluding carboxylic acids is 1. The summed E-state index contributed by atoms with van der Waals surface area (Å²) in [6.07, 6.45) is 2.96. The summed E-state index contributed by atoms with van der Waals surface area (Å²) in [7, 11) is 0. The minimum Gasteiger partial charge on any atom is -0.382 e. The van der Waals surface area contributed by atoms with Crippen LogP contribution in [0.2, 0.25) is 0 Å². The van der Waals surface area contributed by atoms with Gasteiger partial charge in [0, 0.05) is 19.0 Å². The van der Waals surface area contributed by atoms with Crippen LogP contribution in [0.15, 0.2) is 43.0 Å². The van der Waals surface area contributed by atoms with Crippen LogP contribution >= 0.6 is 0 Å². The van der Waals surface area contributed by atoms with Crippen LogP contribution in [-0.2, 0) is 11.3 Å². The van der Waals surface area contributed by atoms with E-state index in [1.807, 2.05) is 23.1 Å². The van der Waals surface area contributed by atoms with Gasteiger partial charge in [-0.05, 0) is 18.0 Å². The molecule has 0 saturated carbocycles. The Morgan fingerprint density at radius 2 is 1.96 bits per heavy atom. The van der Waals surface area contributed by atoms with E-state index in [1.165, 1.54) is 11.9 Å². The number of hydrogen-bond acceptors (Lipinski definition) is 6. The molecular formula is C18H21N7O. The quantitative estimate of drug-likeness (QED) is 0.711. The van der Waals surface area contributed by atoms with Gasteiger partial charge < -0.3 is 20.9 Å². The first-order valence-electron chi connectivity index (χ1n) is 8.61. The van der Waals surface area contributed by atoms with Gasteiger partial charge in [-0.25, -0.2) is 15.0 Å². The van der Waals surface area contributed by atoms with Crippen LogP contribution < -0.4 is 11.5 Å². The van der Waals surface area contributed by atoms with E-state index in [-0.39, 0.29) is 24.3 Å². The summed E-state index contributed by atoms with van der Waals surface area (Å²) in [6, 6.07) is 10.2. The Kier molecular flexibility index (Phi) is 4.26. The Morgan fingerprint density at radius 1 is 1.15 bits per heavy atom. The number of nitrogens with two attached hydrogens (primary N) is 2. The summed E-state index contributed by atoms with van der Waals surface area (Å²) >= 11 is 0. The Bertz CT molecular complexity index is 924. The lowest BCUT2D eigenvalue weighted by molar-refractivity contribution is -0.130. The number of likely N-dealkylation sites (tertiary alicyclic amines) is 1. The molecule has 26 heavy (non-hydrogen) atoms. The lowest BCUT2D eigenvalue weighted by Crippen LogP contribution is -2.32. The highest BCUT2D eigenvalue weighted by Gasteiger charge is 2.35. The Morgan fingerprint density at radius 3 is 2.73 bits per heavy atom. The van der Waals surface area contributed by atoms with Crippen LogP contribution in [0.4, 0.5) is 5.82 Å². The van der Waals surface area contributed by atoms with Crippen molar-refractivity contribution in [3.63, 3.8) is 0 Å². The van der Waals surface area contributed by atoms with E-state index in [4.69, 9.17) is 11.5 Å². The molecule has 0 radical (unpaired) electrons. The van der Waals surface area contributed by atoms with Gasteiger partial charge in [0.2, 0.25) is 5.91 Å². The number of benzene rings is 1. The molecule has 0 unspecified atom stereocenters. The van der Waals surface area contributed by atoms with E-state index in [0.717, 1.165) is 0 Å². The molecule has 4 rings (SSSR count). The van der Waals surface area contributed by atoms with Crippen molar-refractivity contribution in [2.75, 3.05) is 25.4 Å². The van der Waals surface area contributed by atoms with Crippen molar-refractivity contribution in [2.45, 2.75) is 12.5 Å². The molecule has 8 heteroatoms. The topological polar surface area (TPSA) is 116 Å². The average Bonchev–Trinajstić information content (AvgIpc) is 3.28. The fourth-order valence-corrected chi connectivity index (χ4v) is 3.65. The van der Waals surface area contributed by atoms with Gasteiger partial charge >= 0.3 is 0 Å². The van der Waals surface area contributed by atoms with Crippen LogP contribution in [0, 0.1) is 5.92 Å². The monoisotopic (exact) mass is 351 g/mol. The van der Waals surface area contributed by atoms with E-state index in [1.54, 1.807) is 10.9 Å². The number of anilines is 1. The molecule has 1 fully saturated rings. The normalized spacial score (nSPS) is 20.0. The number of rotatable bonds is 4. The summed E-state index contributed by atoms with van der Waals surface area (Å²) in [5.41, 5.74) is 14.1. The fraction of sp³-hybridized carbons (Fsp3) is 0.333. The second-order valence-corrected chi connectivity index (χ2v) is 6.62. The van der Waals surface area contributed by atoms with Crippen LogP contribution in [0.1, 0.15) is 11.5 Å². The van der Waals surface area contributed by atoms with Gasteiger partial charge in [-0.3, -0.25) is 4.79 Å². The molecular weight excluding hydrogens is 330 g/mol. The van der Waals surface area contributed by atoms with Crippen molar-refractivity contribution in [3.8, 4) is 0 Å². The van der Waals surface area contributed by atoms with Gasteiger partial charge in [-0.1, -0.05) is 30.3 Å². The zero-order valence-electron chi connectivity index (χ0n) is 14.3. The first kappa shape index (κ1) is 16.5. The molecule has 1 aliphatic rings. The van der Waals surface area contributed by atoms with Crippen molar-refractivity contribution in [2.24, 2.45) is 11.7 Å². The summed E-state index contributed by atoms with van der Waals surface area (Å²) in [4.78, 5) is 27.1. The zero-order valence-corrected chi connectivity index (χ0v) is 14.3. The second-order valence-electron chi connectivity index (χ2n) is 6.62. The largest absolute Gasteiger partial charge is 0.382 e. The van der Waals surface area contributed by atoms with Crippen LogP contribution in [0.3, 0.4) is 0 Å². The third kappa shape index (κ3) is 2.88. The minimum atomic E-state index is 0.0263. The molecule has 4 N–H and O–H groups in total. The average molecular weight is 351 g/mol. The molecule has 2 atom stereocenters. The SMILES string of the molecule is NC[C@@H]1CN(C(=O)Cn2cnc3c(N)ncnc32)C[C@H]1c1ccccc1. The van der Waals surface area contributed by atoms with Crippen LogP contribution in [0.5, 0.6) is 0 Å². The van der Waals surface area contributed by atoms with Gasteiger partial charge in [0.05, 0.1) is 6.33 Å². The fourth-order valence-electron chi connectivity index (χ4n) is 3.65. The van der Waals surface area contributed by atoms with Gasteiger partial charge in [0.25, 0.3) is 0 Å². The van der Waals surface area contributed by atoms with Crippen molar-refractivity contribution in [1.29, 1.82) is 0 Å². The maximum atomic E-state index is 12.8. The minimum absolute atomic E-state index is 0.0263. The highest BCUT2D eigenvalue weighted by molar-refractivity contribution is 5.83. The summed E-state index contributed by atoms with van der Waals surface area (Å²) in [5, 5.41) is 0. The molecule has 3 aromatic rings. The second kappa shape index (κ2) is 6.72. The molecule has 134 valence electrons. The summed E-state index contributed by atoms with van der Waals surface area (Å²) in [6.45, 7) is 2.07. The number of imidazole rings is 1. The van der Waals surface area contributed by atoms with Crippen molar-refractivity contribution < 1.29 is 4.79 Å². The molecule has 1 amide bonds. The van der Waals surface area contributed by atoms with E-state index in [2.05, 4.69) is 27.1 Å². The highest BCUT2D eigenvalue weighted by atomic mass is 16.2.